The third-order valence-electron chi connectivity index (χ3n) is 24.2. The first-order valence-electron chi connectivity index (χ1n) is 43.1. The Kier molecular flexibility index (Phi) is 16.3. The van der Waals surface area contributed by atoms with Crippen LogP contribution in [0.4, 0.5) is 0 Å². The molecule has 0 atom stereocenters. The summed E-state index contributed by atoms with van der Waals surface area (Å²) >= 11 is 0. The van der Waals surface area contributed by atoms with Crippen LogP contribution >= 0.6 is 0 Å². The third-order valence-corrected chi connectivity index (χ3v) is 24.2. The van der Waals surface area contributed by atoms with E-state index >= 15 is 0 Å². The standard InChI is InChI=1S/C42H32.C40H28.C34H22/c1-27(2)25-39-30-16-7-6-15-29(30)26-40-31-21-12-22-34(32(31)23-24-33(39)40)42-37-19-10-8-17-35(37)41(28-13-4-3-5-14-28)36-18-9-11-20-38(36)42;1-2-28-29-16-7-6-15-27(29)25-38-30-21-12-22-33(32(30)24-23-31(28)38)40-36-19-10-8-17-34(36)39(26-13-4-3-5-14-26)35-18-9-11-20-37(35)40;1-2-11-25(12-3-1)33-28-14-6-8-16-30(28)34(31-17-9-7-15-29(31)33)26-21-20-24-19-18-23-10-4-5-13-27(23)32(24)22-26/h3-24,26-27H,25H2,1-2H3;3-25H,2H2,1H3;1-22H/i;;1D,2D,3D,11D,12D. The van der Waals surface area contributed by atoms with Crippen molar-refractivity contribution in [1.29, 1.82) is 0 Å². The zero-order chi connectivity index (χ0) is 81.7. The fourth-order valence-corrected chi connectivity index (χ4v) is 19.4. The van der Waals surface area contributed by atoms with E-state index in [1.807, 2.05) is 36.4 Å². The maximum atomic E-state index is 8.74. The van der Waals surface area contributed by atoms with Crippen molar-refractivity contribution in [1.82, 2.24) is 0 Å². The quantitative estimate of drug-likeness (QED) is 0.0998. The largest absolute Gasteiger partial charge is 0.0629 e. The number of hydrogen-bond acceptors (Lipinski definition) is 0. The lowest BCUT2D eigenvalue weighted by Crippen LogP contribution is -1.97. The summed E-state index contributed by atoms with van der Waals surface area (Å²) in [5.74, 6) is 0.585. The van der Waals surface area contributed by atoms with Crippen molar-refractivity contribution < 1.29 is 6.85 Å². The Morgan fingerprint density at radius 2 is 0.509 bits per heavy atom. The van der Waals surface area contributed by atoms with Gasteiger partial charge in [-0.3, -0.25) is 0 Å². The van der Waals surface area contributed by atoms with Gasteiger partial charge in [0.05, 0.1) is 6.85 Å². The van der Waals surface area contributed by atoms with Crippen molar-refractivity contribution >= 4 is 151 Å². The Bertz CT molecular complexity index is 7990. The van der Waals surface area contributed by atoms with E-state index in [0.29, 0.717) is 11.5 Å². The zero-order valence-electron chi connectivity index (χ0n) is 69.9. The molecule has 0 nitrogen and oxygen atoms in total. The highest BCUT2D eigenvalue weighted by Gasteiger charge is 2.24. The average molecular weight is 1480 g/mol. The maximum absolute atomic E-state index is 8.74. The van der Waals surface area contributed by atoms with E-state index in [0.717, 1.165) is 45.5 Å². The number of fused-ring (bicyclic) bond motifs is 17. The molecule has 0 N–H and O–H groups in total. The van der Waals surface area contributed by atoms with Crippen molar-refractivity contribution in [3.8, 4) is 66.8 Å². The number of aryl methyl sites for hydroxylation is 1. The summed E-state index contributed by atoms with van der Waals surface area (Å²) in [6.07, 6.45) is 2.08. The summed E-state index contributed by atoms with van der Waals surface area (Å²) in [5.41, 5.74) is 16.2. The summed E-state index contributed by atoms with van der Waals surface area (Å²) in [6, 6.07) is 137. The maximum Gasteiger partial charge on any atom is 0.0629 e. The molecule has 0 saturated heterocycles. The average Bonchev–Trinajstić information content (AvgIpc) is 0.732. The van der Waals surface area contributed by atoms with Crippen molar-refractivity contribution in [2.24, 2.45) is 5.92 Å². The lowest BCUT2D eigenvalue weighted by molar-refractivity contribution is 0.653. The lowest BCUT2D eigenvalue weighted by Gasteiger charge is -2.20. The molecule has 0 saturated carbocycles. The van der Waals surface area contributed by atoms with Gasteiger partial charge in [-0.2, -0.15) is 0 Å². The van der Waals surface area contributed by atoms with E-state index in [1.165, 1.54) is 185 Å². The first kappa shape index (κ1) is 64.2. The molecule has 23 aromatic carbocycles. The van der Waals surface area contributed by atoms with Gasteiger partial charge in [0.2, 0.25) is 0 Å². The summed E-state index contributed by atoms with van der Waals surface area (Å²) in [6.45, 7) is 6.92. The molecular formula is C116H82. The van der Waals surface area contributed by atoms with Crippen molar-refractivity contribution in [3.05, 3.63) is 424 Å². The van der Waals surface area contributed by atoms with E-state index in [-0.39, 0.29) is 35.8 Å². The van der Waals surface area contributed by atoms with Crippen molar-refractivity contribution in [3.63, 3.8) is 0 Å². The predicted octanol–water partition coefficient (Wildman–Crippen LogP) is 33.0. The molecule has 0 heteroatoms. The van der Waals surface area contributed by atoms with Crippen LogP contribution in [0.25, 0.3) is 218 Å². The fraction of sp³-hybridized carbons (Fsp3) is 0.0517. The van der Waals surface area contributed by atoms with Crippen LogP contribution in [0, 0.1) is 5.92 Å². The van der Waals surface area contributed by atoms with Gasteiger partial charge in [0.1, 0.15) is 0 Å². The van der Waals surface area contributed by atoms with Gasteiger partial charge in [-0.25, -0.2) is 0 Å². The molecule has 23 aromatic rings. The molecule has 0 heterocycles. The molecule has 0 fully saturated rings. The van der Waals surface area contributed by atoms with E-state index in [1.54, 1.807) is 0 Å². The smallest absolute Gasteiger partial charge is 0.0625 e. The molecule has 116 heavy (non-hydrogen) atoms. The third kappa shape index (κ3) is 11.8. The molecule has 0 aliphatic rings. The predicted molar refractivity (Wildman–Crippen MR) is 505 cm³/mol. The Hall–Kier alpha value is -14.3. The molecule has 0 aromatic heterocycles. The number of hydrogen-bond donors (Lipinski definition) is 0. The van der Waals surface area contributed by atoms with E-state index < -0.39 is 0 Å². The lowest BCUT2D eigenvalue weighted by atomic mass is 9.83. The highest BCUT2D eigenvalue weighted by Crippen LogP contribution is 2.51. The molecule has 0 spiro atoms. The summed E-state index contributed by atoms with van der Waals surface area (Å²) in [4.78, 5) is 0. The topological polar surface area (TPSA) is 0 Å². The van der Waals surface area contributed by atoms with Crippen LogP contribution in [-0.4, -0.2) is 0 Å². The molecule has 0 unspecified atom stereocenters. The highest BCUT2D eigenvalue weighted by molar-refractivity contribution is 6.29. The van der Waals surface area contributed by atoms with Gasteiger partial charge < -0.3 is 0 Å². The first-order valence-corrected chi connectivity index (χ1v) is 40.6. The second-order valence-corrected chi connectivity index (χ2v) is 31.2. The molecule has 23 rings (SSSR count). The molecule has 0 radical (unpaired) electrons. The Balaban J connectivity index is 0.000000112. The van der Waals surface area contributed by atoms with E-state index in [2.05, 4.69) is 367 Å². The monoisotopic (exact) mass is 1480 g/mol. The van der Waals surface area contributed by atoms with Gasteiger partial charge in [-0.15, -0.1) is 0 Å². The van der Waals surface area contributed by atoms with Crippen LogP contribution in [0.15, 0.2) is 412 Å². The summed E-state index contributed by atoms with van der Waals surface area (Å²) in [7, 11) is 0. The van der Waals surface area contributed by atoms with Gasteiger partial charge in [-0.05, 0) is 266 Å². The van der Waals surface area contributed by atoms with Crippen LogP contribution in [0.2, 0.25) is 0 Å². The van der Waals surface area contributed by atoms with Crippen LogP contribution in [0.1, 0.15) is 38.8 Å². The summed E-state index contributed by atoms with van der Waals surface area (Å²) in [5, 5.41) is 34.7. The Morgan fingerprint density at radius 3 is 0.922 bits per heavy atom. The molecular weight excluding hydrogens is 1390 g/mol. The second-order valence-electron chi connectivity index (χ2n) is 31.2. The van der Waals surface area contributed by atoms with Crippen LogP contribution < -0.4 is 0 Å². The van der Waals surface area contributed by atoms with Crippen molar-refractivity contribution in [2.45, 2.75) is 33.6 Å². The van der Waals surface area contributed by atoms with Gasteiger partial charge in [0, 0.05) is 0 Å². The SMILES string of the molecule is CC(C)Cc1c2ccccc2cc2c1ccc1c(-c3c4ccccc4c(-c4ccccc4)c4ccccc34)cccc12.CCc1c2ccccc2cc2c1ccc1c(-c3c4ccccc4c(-c4ccccc4)c4ccccc34)cccc12.[2H]c1c([2H])c([2H])c(-c2c3ccccc3c(-c3ccc4ccc5ccccc5c4c3)c3ccccc23)c([2H])c1[2H]. The van der Waals surface area contributed by atoms with E-state index in [4.69, 9.17) is 6.85 Å². The van der Waals surface area contributed by atoms with Crippen LogP contribution in [0.3, 0.4) is 0 Å². The van der Waals surface area contributed by atoms with Crippen LogP contribution in [0.5, 0.6) is 0 Å². The molecule has 0 aliphatic carbocycles. The van der Waals surface area contributed by atoms with Gasteiger partial charge in [-0.1, -0.05) is 415 Å². The minimum Gasteiger partial charge on any atom is -0.0625 e. The Morgan fingerprint density at radius 1 is 0.198 bits per heavy atom. The van der Waals surface area contributed by atoms with Crippen molar-refractivity contribution in [2.75, 3.05) is 0 Å². The highest BCUT2D eigenvalue weighted by atomic mass is 14.3. The molecule has 0 bridgehead atoms. The van der Waals surface area contributed by atoms with Gasteiger partial charge >= 0.3 is 0 Å². The fourth-order valence-electron chi connectivity index (χ4n) is 19.4. The van der Waals surface area contributed by atoms with Gasteiger partial charge in [0.25, 0.3) is 0 Å². The zero-order valence-corrected chi connectivity index (χ0v) is 64.9. The van der Waals surface area contributed by atoms with Gasteiger partial charge in [0.15, 0.2) is 0 Å². The second kappa shape index (κ2) is 29.3. The van der Waals surface area contributed by atoms with E-state index in [9.17, 15) is 0 Å². The molecule has 546 valence electrons. The molecule has 0 aliphatic heterocycles. The van der Waals surface area contributed by atoms with Crippen LogP contribution in [-0.2, 0) is 12.8 Å². The minimum atomic E-state index is -0.387. The minimum absolute atomic E-state index is 0.193. The Labute approximate surface area is 683 Å². The molecule has 0 amide bonds. The first-order chi connectivity index (χ1) is 59.5. The normalized spacial score (nSPS) is 12.3. The summed E-state index contributed by atoms with van der Waals surface area (Å²) < 4.78 is 42.2. The number of benzene rings is 23. The number of rotatable bonds is 9.